The number of halogens is 2. The minimum Gasteiger partial charge on any atom is -0.354 e. The summed E-state index contributed by atoms with van der Waals surface area (Å²) < 4.78 is 0. The van der Waals surface area contributed by atoms with Gasteiger partial charge in [0.15, 0.2) is 5.82 Å². The van der Waals surface area contributed by atoms with Crippen molar-refractivity contribution in [1.29, 1.82) is 0 Å². The first kappa shape index (κ1) is 21.4. The number of pyridine rings is 1. The lowest BCUT2D eigenvalue weighted by Crippen LogP contribution is -2.44. The molecule has 6 nitrogen and oxygen atoms in total. The van der Waals surface area contributed by atoms with E-state index in [0.717, 1.165) is 79.7 Å². The monoisotopic (exact) mass is 468 g/mol. The van der Waals surface area contributed by atoms with Crippen molar-refractivity contribution >= 4 is 34.8 Å². The van der Waals surface area contributed by atoms with Gasteiger partial charge in [-0.3, -0.25) is 4.98 Å². The van der Waals surface area contributed by atoms with E-state index in [0.29, 0.717) is 16.6 Å². The minimum atomic E-state index is 0.658. The Morgan fingerprint density at radius 3 is 2.56 bits per heavy atom. The fourth-order valence-electron chi connectivity index (χ4n) is 4.30. The third-order valence-electron chi connectivity index (χ3n) is 6.21. The van der Waals surface area contributed by atoms with Crippen molar-refractivity contribution in [1.82, 2.24) is 19.9 Å². The van der Waals surface area contributed by atoms with E-state index in [1.165, 1.54) is 0 Å². The summed E-state index contributed by atoms with van der Waals surface area (Å²) in [6.45, 7) is 5.70. The third kappa shape index (κ3) is 4.53. The average molecular weight is 469 g/mol. The molecular formula is C24H26Cl2N6. The maximum atomic E-state index is 6.42. The Morgan fingerprint density at radius 1 is 0.938 bits per heavy atom. The number of piperazine rings is 1. The lowest BCUT2D eigenvalue weighted by atomic mass is 10.1. The summed E-state index contributed by atoms with van der Waals surface area (Å²) in [4.78, 5) is 21.4. The number of benzene rings is 1. The first-order valence-corrected chi connectivity index (χ1v) is 11.8. The average Bonchev–Trinajstić information content (AvgIpc) is 2.82. The predicted octanol–water partition coefficient (Wildman–Crippen LogP) is 4.55. The van der Waals surface area contributed by atoms with Gasteiger partial charge in [0.05, 0.1) is 17.6 Å². The summed E-state index contributed by atoms with van der Waals surface area (Å²) in [5.41, 5.74) is 3.84. The van der Waals surface area contributed by atoms with E-state index in [1.54, 1.807) is 0 Å². The Hall–Kier alpha value is -2.41. The van der Waals surface area contributed by atoms with Gasteiger partial charge in [0.1, 0.15) is 5.82 Å². The molecule has 0 aliphatic carbocycles. The van der Waals surface area contributed by atoms with Crippen molar-refractivity contribution in [3.63, 3.8) is 0 Å². The summed E-state index contributed by atoms with van der Waals surface area (Å²) in [7, 11) is 2.16. The highest BCUT2D eigenvalue weighted by atomic mass is 35.5. The maximum absolute atomic E-state index is 6.42. The minimum absolute atomic E-state index is 0.658. The first-order valence-electron chi connectivity index (χ1n) is 11.0. The Bertz CT molecular complexity index is 1100. The van der Waals surface area contributed by atoms with Crippen LogP contribution in [0.2, 0.25) is 10.0 Å². The van der Waals surface area contributed by atoms with Crippen molar-refractivity contribution in [2.45, 2.75) is 19.4 Å². The summed E-state index contributed by atoms with van der Waals surface area (Å²) in [6.07, 6.45) is 5.75. The standard InChI is InChI=1S/C24H26Cl2N6/c1-30-9-11-31(12-10-30)23-7-4-17(14-28-23)22-15-27-21-3-2-8-32(24(21)29-22)16-18-13-19(25)5-6-20(18)26/h4-7,13-15H,2-3,8-12,16H2,1H3. The van der Waals surface area contributed by atoms with Crippen LogP contribution in [0.25, 0.3) is 11.3 Å². The number of aromatic nitrogens is 3. The van der Waals surface area contributed by atoms with Gasteiger partial charge in [0, 0.05) is 61.1 Å². The second kappa shape index (κ2) is 9.22. The lowest BCUT2D eigenvalue weighted by molar-refractivity contribution is 0.312. The number of hydrogen-bond donors (Lipinski definition) is 0. The predicted molar refractivity (Wildman–Crippen MR) is 131 cm³/mol. The third-order valence-corrected chi connectivity index (χ3v) is 6.81. The Balaban J connectivity index is 1.39. The van der Waals surface area contributed by atoms with Crippen LogP contribution in [0.1, 0.15) is 17.7 Å². The van der Waals surface area contributed by atoms with Crippen LogP contribution in [-0.2, 0) is 13.0 Å². The van der Waals surface area contributed by atoms with E-state index < -0.39 is 0 Å². The molecule has 166 valence electrons. The van der Waals surface area contributed by atoms with E-state index in [9.17, 15) is 0 Å². The lowest BCUT2D eigenvalue weighted by Gasteiger charge is -2.33. The van der Waals surface area contributed by atoms with Crippen LogP contribution in [0.15, 0.2) is 42.7 Å². The molecule has 0 atom stereocenters. The zero-order valence-electron chi connectivity index (χ0n) is 18.1. The van der Waals surface area contributed by atoms with Crippen LogP contribution < -0.4 is 9.80 Å². The molecular weight excluding hydrogens is 443 g/mol. The first-order chi connectivity index (χ1) is 15.6. The molecule has 8 heteroatoms. The molecule has 0 spiro atoms. The molecule has 0 N–H and O–H groups in total. The number of anilines is 2. The highest BCUT2D eigenvalue weighted by Crippen LogP contribution is 2.30. The van der Waals surface area contributed by atoms with Gasteiger partial charge in [0.25, 0.3) is 0 Å². The highest BCUT2D eigenvalue weighted by molar-refractivity contribution is 6.33. The zero-order chi connectivity index (χ0) is 22.1. The van der Waals surface area contributed by atoms with Crippen LogP contribution in [0.5, 0.6) is 0 Å². The normalized spacial score (nSPS) is 16.8. The van der Waals surface area contributed by atoms with Crippen LogP contribution in [0.3, 0.4) is 0 Å². The number of hydrogen-bond acceptors (Lipinski definition) is 6. The maximum Gasteiger partial charge on any atom is 0.151 e. The Labute approximate surface area is 198 Å². The van der Waals surface area contributed by atoms with Crippen LogP contribution in [-0.4, -0.2) is 59.6 Å². The van der Waals surface area contributed by atoms with Gasteiger partial charge in [-0.25, -0.2) is 9.97 Å². The number of fused-ring (bicyclic) bond motifs is 1. The molecule has 3 aromatic rings. The molecule has 0 unspecified atom stereocenters. The fraction of sp³-hybridized carbons (Fsp3) is 0.375. The summed E-state index contributed by atoms with van der Waals surface area (Å²) in [6, 6.07) is 9.77. The van der Waals surface area contributed by atoms with Crippen molar-refractivity contribution in [2.75, 3.05) is 49.6 Å². The molecule has 0 amide bonds. The summed E-state index contributed by atoms with van der Waals surface area (Å²) in [5.74, 6) is 1.94. The van der Waals surface area contributed by atoms with Gasteiger partial charge in [0.2, 0.25) is 0 Å². The highest BCUT2D eigenvalue weighted by Gasteiger charge is 2.22. The summed E-state index contributed by atoms with van der Waals surface area (Å²) in [5, 5.41) is 1.40. The van der Waals surface area contributed by atoms with Gasteiger partial charge in [-0.15, -0.1) is 0 Å². The summed E-state index contributed by atoms with van der Waals surface area (Å²) >= 11 is 12.6. The second-order valence-electron chi connectivity index (χ2n) is 8.48. The Kier molecular flexibility index (Phi) is 6.17. The van der Waals surface area contributed by atoms with Gasteiger partial charge in [-0.1, -0.05) is 23.2 Å². The van der Waals surface area contributed by atoms with Gasteiger partial charge < -0.3 is 14.7 Å². The van der Waals surface area contributed by atoms with Crippen LogP contribution in [0.4, 0.5) is 11.6 Å². The van der Waals surface area contributed by atoms with Crippen molar-refractivity contribution in [3.05, 3.63) is 64.0 Å². The number of aryl methyl sites for hydroxylation is 1. The topological polar surface area (TPSA) is 48.4 Å². The number of likely N-dealkylation sites (N-methyl/N-ethyl adjacent to an activating group) is 1. The van der Waals surface area contributed by atoms with Gasteiger partial charge in [-0.05, 0) is 55.8 Å². The van der Waals surface area contributed by atoms with Gasteiger partial charge in [-0.2, -0.15) is 0 Å². The quantitative estimate of drug-likeness (QED) is 0.559. The molecule has 2 aromatic heterocycles. The largest absolute Gasteiger partial charge is 0.354 e. The zero-order valence-corrected chi connectivity index (χ0v) is 19.6. The molecule has 0 bridgehead atoms. The molecule has 0 radical (unpaired) electrons. The molecule has 2 aliphatic heterocycles. The van der Waals surface area contributed by atoms with Crippen LogP contribution in [0, 0.1) is 0 Å². The molecule has 4 heterocycles. The van der Waals surface area contributed by atoms with Crippen LogP contribution >= 0.6 is 23.2 Å². The molecule has 1 aromatic carbocycles. The van der Waals surface area contributed by atoms with Crippen molar-refractivity contribution < 1.29 is 0 Å². The van der Waals surface area contributed by atoms with Gasteiger partial charge >= 0.3 is 0 Å². The second-order valence-corrected chi connectivity index (χ2v) is 9.33. The van der Waals surface area contributed by atoms with E-state index in [4.69, 9.17) is 38.2 Å². The van der Waals surface area contributed by atoms with E-state index in [2.05, 4.69) is 33.9 Å². The Morgan fingerprint density at radius 2 is 1.78 bits per heavy atom. The number of rotatable bonds is 4. The molecule has 1 saturated heterocycles. The molecule has 2 aliphatic rings. The molecule has 5 rings (SSSR count). The SMILES string of the molecule is CN1CCN(c2ccc(-c3cnc4c(n3)N(Cc3cc(Cl)ccc3Cl)CCC4)cn2)CC1. The van der Waals surface area contributed by atoms with Crippen molar-refractivity contribution in [2.24, 2.45) is 0 Å². The molecule has 0 saturated carbocycles. The van der Waals surface area contributed by atoms with E-state index >= 15 is 0 Å². The molecule has 1 fully saturated rings. The fourth-order valence-corrected chi connectivity index (χ4v) is 4.67. The van der Waals surface area contributed by atoms with E-state index in [1.807, 2.05) is 30.6 Å². The smallest absolute Gasteiger partial charge is 0.151 e. The number of nitrogens with zero attached hydrogens (tertiary/aromatic N) is 6. The van der Waals surface area contributed by atoms with Crippen molar-refractivity contribution in [3.8, 4) is 11.3 Å². The van der Waals surface area contributed by atoms with E-state index in [-0.39, 0.29) is 0 Å². The molecule has 32 heavy (non-hydrogen) atoms.